The van der Waals surface area contributed by atoms with Crippen LogP contribution >= 0.6 is 0 Å². The van der Waals surface area contributed by atoms with Gasteiger partial charge in [0.2, 0.25) is 0 Å². The highest BCUT2D eigenvalue weighted by atomic mass is 32.2. The maximum absolute atomic E-state index is 13.7. The van der Waals surface area contributed by atoms with Gasteiger partial charge in [-0.05, 0) is 24.3 Å². The van der Waals surface area contributed by atoms with Crippen molar-refractivity contribution in [3.05, 3.63) is 48.0 Å². The van der Waals surface area contributed by atoms with Gasteiger partial charge in [0.1, 0.15) is 10.6 Å². The van der Waals surface area contributed by atoms with Crippen molar-refractivity contribution >= 4 is 21.4 Å². The Morgan fingerprint density at radius 3 is 2.48 bits per heavy atom. The van der Waals surface area contributed by atoms with Crippen LogP contribution < -0.4 is 10.0 Å². The van der Waals surface area contributed by atoms with Crippen molar-refractivity contribution in [1.29, 1.82) is 0 Å². The number of aromatic hydroxyl groups is 1. The maximum atomic E-state index is 13.7. The second kappa shape index (κ2) is 5.21. The zero-order valence-corrected chi connectivity index (χ0v) is 11.7. The standard InChI is InChI=1S/C13H12F2N2O3S/c1-17(9-3-2-4-10(18)7-9)21(19,20)12-6-8(16)5-11(14)13(12)15/h2-7,18H,16H2,1H3. The molecule has 5 nitrogen and oxygen atoms in total. The Morgan fingerprint density at radius 1 is 1.19 bits per heavy atom. The van der Waals surface area contributed by atoms with Crippen LogP contribution in [0.25, 0.3) is 0 Å². The van der Waals surface area contributed by atoms with Gasteiger partial charge in [0.15, 0.2) is 11.6 Å². The lowest BCUT2D eigenvalue weighted by Crippen LogP contribution is -2.27. The number of phenolic OH excluding ortho intramolecular Hbond substituents is 1. The summed E-state index contributed by atoms with van der Waals surface area (Å²) in [7, 11) is -3.20. The highest BCUT2D eigenvalue weighted by molar-refractivity contribution is 7.92. The smallest absolute Gasteiger partial charge is 0.267 e. The summed E-state index contributed by atoms with van der Waals surface area (Å²) in [6.45, 7) is 0. The minimum absolute atomic E-state index is 0.0947. The van der Waals surface area contributed by atoms with Gasteiger partial charge >= 0.3 is 0 Å². The average Bonchev–Trinajstić information content (AvgIpc) is 2.41. The van der Waals surface area contributed by atoms with Gasteiger partial charge < -0.3 is 10.8 Å². The fourth-order valence-corrected chi connectivity index (χ4v) is 3.04. The van der Waals surface area contributed by atoms with Crippen LogP contribution in [-0.4, -0.2) is 20.6 Å². The molecule has 2 aromatic rings. The van der Waals surface area contributed by atoms with Crippen LogP contribution in [0.1, 0.15) is 0 Å². The lowest BCUT2D eigenvalue weighted by Gasteiger charge is -2.20. The number of rotatable bonds is 3. The highest BCUT2D eigenvalue weighted by Crippen LogP contribution is 2.28. The molecule has 0 atom stereocenters. The Morgan fingerprint density at radius 2 is 1.86 bits per heavy atom. The van der Waals surface area contributed by atoms with E-state index >= 15 is 0 Å². The van der Waals surface area contributed by atoms with Crippen LogP contribution in [0.3, 0.4) is 0 Å². The van der Waals surface area contributed by atoms with E-state index in [2.05, 4.69) is 0 Å². The quantitative estimate of drug-likeness (QED) is 0.850. The number of nitrogen functional groups attached to an aromatic ring is 1. The third-order valence-electron chi connectivity index (χ3n) is 2.85. The molecule has 21 heavy (non-hydrogen) atoms. The molecule has 8 heteroatoms. The fourth-order valence-electron chi connectivity index (χ4n) is 1.75. The van der Waals surface area contributed by atoms with E-state index in [9.17, 15) is 22.3 Å². The molecule has 0 aliphatic carbocycles. The van der Waals surface area contributed by atoms with Gasteiger partial charge in [0, 0.05) is 18.8 Å². The van der Waals surface area contributed by atoms with E-state index < -0.39 is 26.6 Å². The van der Waals surface area contributed by atoms with Crippen LogP contribution in [0.5, 0.6) is 5.75 Å². The zero-order chi connectivity index (χ0) is 15.8. The number of hydrogen-bond acceptors (Lipinski definition) is 4. The molecule has 0 fully saturated rings. The first-order valence-electron chi connectivity index (χ1n) is 5.76. The summed E-state index contributed by atoms with van der Waals surface area (Å²) in [5.74, 6) is -3.01. The molecule has 112 valence electrons. The summed E-state index contributed by atoms with van der Waals surface area (Å²) in [4.78, 5) is -0.870. The first-order valence-corrected chi connectivity index (χ1v) is 7.20. The minimum Gasteiger partial charge on any atom is -0.508 e. The van der Waals surface area contributed by atoms with Gasteiger partial charge in [-0.25, -0.2) is 17.2 Å². The van der Waals surface area contributed by atoms with Crippen LogP contribution in [0.2, 0.25) is 0 Å². The van der Waals surface area contributed by atoms with Crippen LogP contribution in [-0.2, 0) is 10.0 Å². The summed E-state index contributed by atoms with van der Waals surface area (Å²) in [5, 5.41) is 9.37. The Hall–Kier alpha value is -2.35. The molecule has 0 aromatic heterocycles. The normalized spacial score (nSPS) is 11.4. The Balaban J connectivity index is 2.57. The van der Waals surface area contributed by atoms with Crippen molar-refractivity contribution < 1.29 is 22.3 Å². The van der Waals surface area contributed by atoms with Crippen molar-refractivity contribution in [2.24, 2.45) is 0 Å². The summed E-state index contributed by atoms with van der Waals surface area (Å²) in [6.07, 6.45) is 0. The third kappa shape index (κ3) is 2.75. The predicted octanol–water partition coefficient (Wildman–Crippen LogP) is 2.08. The number of sulfonamides is 1. The van der Waals surface area contributed by atoms with E-state index in [1.165, 1.54) is 24.3 Å². The number of halogens is 2. The third-order valence-corrected chi connectivity index (χ3v) is 4.63. The second-order valence-corrected chi connectivity index (χ2v) is 6.24. The largest absolute Gasteiger partial charge is 0.508 e. The molecular formula is C13H12F2N2O3S. The number of nitrogens with zero attached hydrogens (tertiary/aromatic N) is 1. The monoisotopic (exact) mass is 314 g/mol. The number of benzene rings is 2. The minimum atomic E-state index is -4.36. The maximum Gasteiger partial charge on any atom is 0.267 e. The molecule has 0 aliphatic heterocycles. The van der Waals surface area contributed by atoms with E-state index in [1.807, 2.05) is 0 Å². The molecule has 0 heterocycles. The van der Waals surface area contributed by atoms with Crippen LogP contribution in [0, 0.1) is 11.6 Å². The molecule has 2 rings (SSSR count). The number of nitrogens with two attached hydrogens (primary N) is 1. The number of hydrogen-bond donors (Lipinski definition) is 2. The van der Waals surface area contributed by atoms with Gasteiger partial charge in [-0.2, -0.15) is 0 Å². The number of anilines is 2. The van der Waals surface area contributed by atoms with Gasteiger partial charge in [0.05, 0.1) is 5.69 Å². The fraction of sp³-hybridized carbons (Fsp3) is 0.0769. The van der Waals surface area contributed by atoms with Gasteiger partial charge in [-0.15, -0.1) is 0 Å². The van der Waals surface area contributed by atoms with Gasteiger partial charge in [-0.3, -0.25) is 4.31 Å². The van der Waals surface area contributed by atoms with Crippen molar-refractivity contribution in [1.82, 2.24) is 0 Å². The molecule has 0 aliphatic rings. The van der Waals surface area contributed by atoms with Crippen molar-refractivity contribution in [3.63, 3.8) is 0 Å². The Bertz CT molecular complexity index is 794. The van der Waals surface area contributed by atoms with Crippen molar-refractivity contribution in [3.8, 4) is 5.75 Å². The molecule has 0 bridgehead atoms. The van der Waals surface area contributed by atoms with Crippen molar-refractivity contribution in [2.75, 3.05) is 17.1 Å². The molecular weight excluding hydrogens is 302 g/mol. The molecule has 0 saturated carbocycles. The molecule has 2 aromatic carbocycles. The summed E-state index contributed by atoms with van der Waals surface area (Å²) < 4.78 is 52.5. The molecule has 0 amide bonds. The Kier molecular flexibility index (Phi) is 3.73. The summed E-state index contributed by atoms with van der Waals surface area (Å²) in [5.41, 5.74) is 5.24. The highest BCUT2D eigenvalue weighted by Gasteiger charge is 2.27. The summed E-state index contributed by atoms with van der Waals surface area (Å²) >= 11 is 0. The van der Waals surface area contributed by atoms with Crippen LogP contribution in [0.15, 0.2) is 41.3 Å². The molecule has 0 unspecified atom stereocenters. The lowest BCUT2D eigenvalue weighted by atomic mass is 10.3. The zero-order valence-electron chi connectivity index (χ0n) is 10.9. The topological polar surface area (TPSA) is 83.6 Å². The lowest BCUT2D eigenvalue weighted by molar-refractivity contribution is 0.475. The van der Waals surface area contributed by atoms with Crippen LogP contribution in [0.4, 0.5) is 20.2 Å². The second-order valence-electron chi connectivity index (χ2n) is 4.31. The van der Waals surface area contributed by atoms with Gasteiger partial charge in [0.25, 0.3) is 10.0 Å². The SMILES string of the molecule is CN(c1cccc(O)c1)S(=O)(=O)c1cc(N)cc(F)c1F. The van der Waals surface area contributed by atoms with E-state index in [-0.39, 0.29) is 17.1 Å². The van der Waals surface area contributed by atoms with Crippen molar-refractivity contribution in [2.45, 2.75) is 4.90 Å². The average molecular weight is 314 g/mol. The van der Waals surface area contributed by atoms with E-state index in [0.29, 0.717) is 6.07 Å². The van der Waals surface area contributed by atoms with E-state index in [4.69, 9.17) is 5.73 Å². The number of phenols is 1. The first kappa shape index (κ1) is 15.0. The molecule has 0 saturated heterocycles. The Labute approximate surface area is 120 Å². The van der Waals surface area contributed by atoms with E-state index in [0.717, 1.165) is 17.4 Å². The molecule has 3 N–H and O–H groups in total. The molecule has 0 spiro atoms. The van der Waals surface area contributed by atoms with E-state index in [1.54, 1.807) is 0 Å². The predicted molar refractivity (Wildman–Crippen MR) is 74.5 cm³/mol. The molecule has 0 radical (unpaired) electrons. The van der Waals surface area contributed by atoms with Gasteiger partial charge in [-0.1, -0.05) is 6.07 Å². The first-order chi connectivity index (χ1) is 9.73. The summed E-state index contributed by atoms with van der Waals surface area (Å²) in [6, 6.07) is 6.89.